The Morgan fingerprint density at radius 1 is 0.950 bits per heavy atom. The van der Waals surface area contributed by atoms with Crippen LogP contribution >= 0.6 is 0 Å². The fourth-order valence-electron chi connectivity index (χ4n) is 5.71. The zero-order valence-electron chi connectivity index (χ0n) is 23.1. The van der Waals surface area contributed by atoms with Gasteiger partial charge in [-0.25, -0.2) is 0 Å². The summed E-state index contributed by atoms with van der Waals surface area (Å²) in [6.07, 6.45) is 5.33. The van der Waals surface area contributed by atoms with Gasteiger partial charge < -0.3 is 30.7 Å². The van der Waals surface area contributed by atoms with Crippen molar-refractivity contribution in [3.63, 3.8) is 0 Å². The van der Waals surface area contributed by atoms with Gasteiger partial charge in [0.1, 0.15) is 23.9 Å². The zero-order chi connectivity index (χ0) is 28.1. The molecule has 2 aromatic rings. The molecule has 4 N–H and O–H groups in total. The molecule has 5 rings (SSSR count). The first kappa shape index (κ1) is 28.1. The number of aryl methyl sites for hydroxylation is 2. The van der Waals surface area contributed by atoms with E-state index in [0.717, 1.165) is 55.4 Å². The Balaban J connectivity index is 1.40. The number of para-hydroxylation sites is 1. The second-order valence-corrected chi connectivity index (χ2v) is 11.2. The fourth-order valence-corrected chi connectivity index (χ4v) is 5.71. The van der Waals surface area contributed by atoms with Crippen LogP contribution in [0.2, 0.25) is 0 Å². The normalized spacial score (nSPS) is 26.6. The maximum absolute atomic E-state index is 13.6. The average molecular weight is 549 g/mol. The van der Waals surface area contributed by atoms with Crippen molar-refractivity contribution in [1.82, 2.24) is 20.9 Å². The van der Waals surface area contributed by atoms with Gasteiger partial charge in [0.05, 0.1) is 12.6 Å². The Bertz CT molecular complexity index is 1200. The van der Waals surface area contributed by atoms with Gasteiger partial charge in [-0.05, 0) is 61.1 Å². The molecular weight excluding hydrogens is 508 g/mol. The molecule has 2 aliphatic heterocycles. The van der Waals surface area contributed by atoms with E-state index >= 15 is 0 Å². The van der Waals surface area contributed by atoms with Crippen molar-refractivity contribution in [2.24, 2.45) is 5.92 Å². The highest BCUT2D eigenvalue weighted by Crippen LogP contribution is 2.35. The summed E-state index contributed by atoms with van der Waals surface area (Å²) in [5, 5.41) is 19.4. The minimum Gasteiger partial charge on any atom is -0.489 e. The maximum Gasteiger partial charge on any atom is 0.245 e. The molecule has 3 aliphatic rings. The Hall–Kier alpha value is -3.43. The molecule has 3 amide bonds. The summed E-state index contributed by atoms with van der Waals surface area (Å²) in [7, 11) is 1.55. The van der Waals surface area contributed by atoms with Crippen LogP contribution < -0.4 is 20.7 Å². The van der Waals surface area contributed by atoms with Crippen molar-refractivity contribution in [2.75, 3.05) is 26.7 Å². The summed E-state index contributed by atoms with van der Waals surface area (Å²) in [5.41, 5.74) is 3.21. The van der Waals surface area contributed by atoms with E-state index in [0.29, 0.717) is 19.5 Å². The van der Waals surface area contributed by atoms with Crippen LogP contribution in [0.4, 0.5) is 0 Å². The smallest absolute Gasteiger partial charge is 0.245 e. The number of likely N-dealkylation sites (N-methyl/N-ethyl adjacent to an activating group) is 1. The highest BCUT2D eigenvalue weighted by molar-refractivity contribution is 5.93. The summed E-state index contributed by atoms with van der Waals surface area (Å²) < 4.78 is 6.45. The van der Waals surface area contributed by atoms with E-state index in [1.807, 2.05) is 30.3 Å². The Labute approximate surface area is 235 Å². The van der Waals surface area contributed by atoms with Crippen molar-refractivity contribution in [2.45, 2.75) is 69.2 Å². The molecular formula is C31H40N4O5. The topological polar surface area (TPSA) is 120 Å². The lowest BCUT2D eigenvalue weighted by Crippen LogP contribution is -2.59. The van der Waals surface area contributed by atoms with Crippen molar-refractivity contribution in [3.05, 3.63) is 65.2 Å². The third-order valence-corrected chi connectivity index (χ3v) is 8.25. The minimum atomic E-state index is -1.11. The quantitative estimate of drug-likeness (QED) is 0.458. The highest BCUT2D eigenvalue weighted by atomic mass is 16.5. The molecule has 214 valence electrons. The molecule has 1 aliphatic carbocycles. The number of carbonyl (C=O) groups excluding carboxylic acids is 3. The summed E-state index contributed by atoms with van der Waals surface area (Å²) >= 11 is 0. The van der Waals surface area contributed by atoms with Crippen LogP contribution in [0.15, 0.2) is 48.5 Å². The molecule has 40 heavy (non-hydrogen) atoms. The summed E-state index contributed by atoms with van der Waals surface area (Å²) in [6.45, 7) is 0.426. The van der Waals surface area contributed by atoms with Gasteiger partial charge in [0.25, 0.3) is 0 Å². The number of amides is 3. The van der Waals surface area contributed by atoms with Crippen LogP contribution in [0.25, 0.3) is 0 Å². The zero-order valence-corrected chi connectivity index (χ0v) is 23.1. The molecule has 0 radical (unpaired) electrons. The van der Waals surface area contributed by atoms with Gasteiger partial charge in [0, 0.05) is 26.6 Å². The van der Waals surface area contributed by atoms with Crippen molar-refractivity contribution < 1.29 is 24.2 Å². The maximum atomic E-state index is 13.6. The number of aliphatic hydroxyl groups excluding tert-OH is 1. The predicted molar refractivity (Wildman–Crippen MR) is 151 cm³/mol. The summed E-state index contributed by atoms with van der Waals surface area (Å²) in [6, 6.07) is 13.3. The SMILES string of the molecule is CN1C(=O)[C@H](C2CC2)NCC2CCc3cccc(c3O2)CCCNC(=O)[C@@H](Cc2ccccc2)NC(=O)[C@H]1CO. The van der Waals surface area contributed by atoms with E-state index in [2.05, 4.69) is 34.1 Å². The van der Waals surface area contributed by atoms with Gasteiger partial charge in [0.2, 0.25) is 17.7 Å². The van der Waals surface area contributed by atoms with Gasteiger partial charge in [-0.15, -0.1) is 0 Å². The minimum absolute atomic E-state index is 0.0673. The molecule has 0 saturated heterocycles. The molecule has 4 atom stereocenters. The number of rotatable bonds is 4. The lowest BCUT2D eigenvalue weighted by atomic mass is 9.96. The molecule has 2 heterocycles. The van der Waals surface area contributed by atoms with E-state index in [4.69, 9.17) is 4.74 Å². The first-order valence-electron chi connectivity index (χ1n) is 14.4. The third kappa shape index (κ3) is 6.64. The molecule has 2 aromatic carbocycles. The first-order valence-corrected chi connectivity index (χ1v) is 14.4. The number of ether oxygens (including phenoxy) is 1. The van der Waals surface area contributed by atoms with Crippen molar-refractivity contribution in [3.8, 4) is 5.75 Å². The van der Waals surface area contributed by atoms with Crippen molar-refractivity contribution in [1.29, 1.82) is 0 Å². The molecule has 0 aromatic heterocycles. The van der Waals surface area contributed by atoms with E-state index in [-0.39, 0.29) is 23.8 Å². The van der Waals surface area contributed by atoms with Crippen molar-refractivity contribution >= 4 is 17.7 Å². The lowest BCUT2D eigenvalue weighted by Gasteiger charge is -2.33. The molecule has 1 fully saturated rings. The lowest BCUT2D eigenvalue weighted by molar-refractivity contribution is -0.143. The van der Waals surface area contributed by atoms with Crippen LogP contribution in [-0.4, -0.2) is 78.7 Å². The number of hydrogen-bond donors (Lipinski definition) is 4. The Morgan fingerprint density at radius 2 is 1.70 bits per heavy atom. The van der Waals surface area contributed by atoms with E-state index in [1.54, 1.807) is 7.05 Å². The second-order valence-electron chi connectivity index (χ2n) is 11.2. The van der Waals surface area contributed by atoms with Gasteiger partial charge in [-0.3, -0.25) is 14.4 Å². The van der Waals surface area contributed by atoms with E-state index < -0.39 is 30.6 Å². The van der Waals surface area contributed by atoms with Crippen LogP contribution in [0.3, 0.4) is 0 Å². The highest BCUT2D eigenvalue weighted by Gasteiger charge is 2.41. The van der Waals surface area contributed by atoms with Crippen LogP contribution in [0.5, 0.6) is 5.75 Å². The number of nitrogens with zero attached hydrogens (tertiary/aromatic N) is 1. The van der Waals surface area contributed by atoms with Gasteiger partial charge in [0.15, 0.2) is 0 Å². The van der Waals surface area contributed by atoms with E-state index in [9.17, 15) is 19.5 Å². The number of fused-ring (bicyclic) bond motifs is 1. The summed E-state index contributed by atoms with van der Waals surface area (Å²) in [5.74, 6) is 0.0221. The monoisotopic (exact) mass is 548 g/mol. The molecule has 0 spiro atoms. The molecule has 1 unspecified atom stereocenters. The standard InChI is InChI=1S/C31H40N4O5/c1-35-26(19-36)30(38)34-25(17-20-7-3-2-4-8-20)29(37)32-16-6-11-22-9-5-10-23-14-15-24(40-28(22)23)18-33-27(31(35)39)21-12-13-21/h2-5,7-10,21,24-27,33,36H,6,11-19H2,1H3,(H,32,37)(H,34,38)/t24?,25-,26-,27+/m1/s1. The number of benzene rings is 2. The van der Waals surface area contributed by atoms with Crippen LogP contribution in [-0.2, 0) is 33.6 Å². The molecule has 2 bridgehead atoms. The fraction of sp³-hybridized carbons (Fsp3) is 0.516. The van der Waals surface area contributed by atoms with Gasteiger partial charge in [-0.2, -0.15) is 0 Å². The Morgan fingerprint density at radius 3 is 2.42 bits per heavy atom. The first-order chi connectivity index (χ1) is 19.4. The second kappa shape index (κ2) is 12.8. The van der Waals surface area contributed by atoms with Gasteiger partial charge >= 0.3 is 0 Å². The predicted octanol–water partition coefficient (Wildman–Crippen LogP) is 1.36. The third-order valence-electron chi connectivity index (χ3n) is 8.25. The molecule has 1 saturated carbocycles. The average Bonchev–Trinajstić information content (AvgIpc) is 3.81. The Kier molecular flexibility index (Phi) is 9.01. The largest absolute Gasteiger partial charge is 0.489 e. The van der Waals surface area contributed by atoms with Crippen LogP contribution in [0, 0.1) is 5.92 Å². The van der Waals surface area contributed by atoms with Crippen LogP contribution in [0.1, 0.15) is 42.4 Å². The van der Waals surface area contributed by atoms with Gasteiger partial charge in [-0.1, -0.05) is 48.5 Å². The summed E-state index contributed by atoms with van der Waals surface area (Å²) in [4.78, 5) is 41.6. The molecule has 9 nitrogen and oxygen atoms in total. The molecule has 9 heteroatoms. The number of hydrogen-bond acceptors (Lipinski definition) is 6. The van der Waals surface area contributed by atoms with E-state index in [1.165, 1.54) is 10.5 Å². The number of nitrogens with one attached hydrogen (secondary N) is 3. The number of aliphatic hydroxyl groups is 1. The number of carbonyl (C=O) groups is 3.